The zero-order chi connectivity index (χ0) is 15.4. The molecule has 0 saturated carbocycles. The van der Waals surface area contributed by atoms with Crippen LogP contribution >= 0.6 is 23.1 Å². The number of rotatable bonds is 5. The highest BCUT2D eigenvalue weighted by atomic mass is 32.2. The van der Waals surface area contributed by atoms with Gasteiger partial charge in [-0.25, -0.2) is 4.98 Å². The van der Waals surface area contributed by atoms with Crippen LogP contribution in [0.25, 0.3) is 0 Å². The Morgan fingerprint density at radius 2 is 2.14 bits per heavy atom. The minimum absolute atomic E-state index is 0.261. The first-order chi connectivity index (χ1) is 10.7. The monoisotopic (exact) mass is 330 g/mol. The number of amides is 1. The van der Waals surface area contributed by atoms with Crippen molar-refractivity contribution in [3.8, 4) is 0 Å². The lowest BCUT2D eigenvalue weighted by Gasteiger charge is -2.03. The molecule has 0 aliphatic rings. The van der Waals surface area contributed by atoms with Crippen molar-refractivity contribution in [1.82, 2.24) is 4.98 Å². The molecule has 0 fully saturated rings. The molecule has 0 aliphatic heterocycles. The predicted molar refractivity (Wildman–Crippen MR) is 89.5 cm³/mol. The minimum atomic E-state index is -0.261. The summed E-state index contributed by atoms with van der Waals surface area (Å²) in [6.45, 7) is 1.89. The Labute approximate surface area is 136 Å². The van der Waals surface area contributed by atoms with Crippen molar-refractivity contribution in [3.05, 3.63) is 65.1 Å². The second kappa shape index (κ2) is 6.81. The summed E-state index contributed by atoms with van der Waals surface area (Å²) in [6.07, 6.45) is 1.54. The fourth-order valence-electron chi connectivity index (χ4n) is 1.89. The van der Waals surface area contributed by atoms with Gasteiger partial charge in [0.1, 0.15) is 0 Å². The molecule has 3 rings (SSSR count). The van der Waals surface area contributed by atoms with E-state index in [4.69, 9.17) is 4.42 Å². The Morgan fingerprint density at radius 1 is 1.32 bits per heavy atom. The standard InChI is InChI=1S/C16H14N2O2S2/c1-11-9-22-16(17-11)18-15(19)14-12(7-8-20-14)10-21-13-5-3-2-4-6-13/h2-9H,10H2,1H3,(H,17,18,19). The van der Waals surface area contributed by atoms with Crippen molar-refractivity contribution in [2.45, 2.75) is 17.6 Å². The number of nitrogens with one attached hydrogen (secondary N) is 1. The van der Waals surface area contributed by atoms with Crippen LogP contribution in [0.5, 0.6) is 0 Å². The summed E-state index contributed by atoms with van der Waals surface area (Å²) < 4.78 is 5.35. The van der Waals surface area contributed by atoms with E-state index in [1.54, 1.807) is 18.0 Å². The number of nitrogens with zero attached hydrogens (tertiary/aromatic N) is 1. The molecule has 0 bridgehead atoms. The number of hydrogen-bond acceptors (Lipinski definition) is 5. The van der Waals surface area contributed by atoms with Gasteiger partial charge in [-0.1, -0.05) is 18.2 Å². The van der Waals surface area contributed by atoms with Crippen molar-refractivity contribution in [2.75, 3.05) is 5.32 Å². The van der Waals surface area contributed by atoms with Gasteiger partial charge in [-0.05, 0) is 25.1 Å². The maximum Gasteiger partial charge on any atom is 0.293 e. The molecule has 1 amide bonds. The van der Waals surface area contributed by atoms with Gasteiger partial charge in [0.15, 0.2) is 10.9 Å². The number of anilines is 1. The van der Waals surface area contributed by atoms with Crippen LogP contribution in [-0.2, 0) is 5.75 Å². The largest absolute Gasteiger partial charge is 0.459 e. The Kier molecular flexibility index (Phi) is 4.60. The Balaban J connectivity index is 1.67. The van der Waals surface area contributed by atoms with Crippen LogP contribution in [0.2, 0.25) is 0 Å². The Bertz CT molecular complexity index is 765. The molecule has 0 spiro atoms. The Morgan fingerprint density at radius 3 is 2.86 bits per heavy atom. The van der Waals surface area contributed by atoms with Gasteiger partial charge in [0.25, 0.3) is 5.91 Å². The van der Waals surface area contributed by atoms with Crippen molar-refractivity contribution < 1.29 is 9.21 Å². The summed E-state index contributed by atoms with van der Waals surface area (Å²) in [4.78, 5) is 17.7. The summed E-state index contributed by atoms with van der Waals surface area (Å²) in [5, 5.41) is 5.25. The highest BCUT2D eigenvalue weighted by Crippen LogP contribution is 2.25. The average molecular weight is 330 g/mol. The number of hydrogen-bond donors (Lipinski definition) is 1. The summed E-state index contributed by atoms with van der Waals surface area (Å²) in [5.74, 6) is 0.763. The van der Waals surface area contributed by atoms with E-state index < -0.39 is 0 Å². The highest BCUT2D eigenvalue weighted by molar-refractivity contribution is 7.98. The first kappa shape index (κ1) is 14.9. The fraction of sp³-hybridized carbons (Fsp3) is 0.125. The number of thiazole rings is 1. The molecule has 0 radical (unpaired) electrons. The van der Waals surface area contributed by atoms with E-state index in [1.165, 1.54) is 11.3 Å². The molecular formula is C16H14N2O2S2. The molecule has 6 heteroatoms. The number of benzene rings is 1. The van der Waals surface area contributed by atoms with Gasteiger partial charge >= 0.3 is 0 Å². The quantitative estimate of drug-likeness (QED) is 0.695. The third-order valence-corrected chi connectivity index (χ3v) is 4.87. The SMILES string of the molecule is Cc1csc(NC(=O)c2occc2CSc2ccccc2)n1. The van der Waals surface area contributed by atoms with E-state index in [0.29, 0.717) is 16.6 Å². The van der Waals surface area contributed by atoms with Crippen molar-refractivity contribution >= 4 is 34.1 Å². The van der Waals surface area contributed by atoms with Crippen LogP contribution in [0.15, 0.2) is 57.4 Å². The second-order valence-electron chi connectivity index (χ2n) is 4.62. The van der Waals surface area contributed by atoms with E-state index in [-0.39, 0.29) is 5.91 Å². The first-order valence-electron chi connectivity index (χ1n) is 6.70. The molecule has 1 N–H and O–H groups in total. The fourth-order valence-corrected chi connectivity index (χ4v) is 3.47. The van der Waals surface area contributed by atoms with Gasteiger partial charge in [0.05, 0.1) is 12.0 Å². The molecule has 1 aromatic carbocycles. The van der Waals surface area contributed by atoms with Gasteiger partial charge in [-0.3, -0.25) is 10.1 Å². The predicted octanol–water partition coefficient (Wildman–Crippen LogP) is 4.59. The third kappa shape index (κ3) is 3.58. The molecule has 0 saturated heterocycles. The number of furan rings is 1. The van der Waals surface area contributed by atoms with Crippen LogP contribution in [-0.4, -0.2) is 10.9 Å². The summed E-state index contributed by atoms with van der Waals surface area (Å²) in [6, 6.07) is 11.9. The van der Waals surface area contributed by atoms with Crippen LogP contribution < -0.4 is 5.32 Å². The van der Waals surface area contributed by atoms with Gasteiger partial charge < -0.3 is 4.42 Å². The summed E-state index contributed by atoms with van der Waals surface area (Å²) in [7, 11) is 0. The highest BCUT2D eigenvalue weighted by Gasteiger charge is 2.16. The summed E-state index contributed by atoms with van der Waals surface area (Å²) >= 11 is 3.07. The average Bonchev–Trinajstić information content (AvgIpc) is 3.15. The maximum atomic E-state index is 12.3. The minimum Gasteiger partial charge on any atom is -0.459 e. The summed E-state index contributed by atoms with van der Waals surface area (Å²) in [5.41, 5.74) is 1.76. The molecule has 2 aromatic heterocycles. The third-order valence-electron chi connectivity index (χ3n) is 2.93. The van der Waals surface area contributed by atoms with E-state index >= 15 is 0 Å². The van der Waals surface area contributed by atoms with Gasteiger partial charge in [0, 0.05) is 21.6 Å². The first-order valence-corrected chi connectivity index (χ1v) is 8.56. The van der Waals surface area contributed by atoms with Gasteiger partial charge in [-0.2, -0.15) is 0 Å². The number of aryl methyl sites for hydroxylation is 1. The molecule has 2 heterocycles. The lowest BCUT2D eigenvalue weighted by atomic mass is 10.3. The van der Waals surface area contributed by atoms with Crippen molar-refractivity contribution in [2.24, 2.45) is 0 Å². The molecule has 3 aromatic rings. The van der Waals surface area contributed by atoms with Crippen LogP contribution in [0.4, 0.5) is 5.13 Å². The van der Waals surface area contributed by atoms with Crippen molar-refractivity contribution in [1.29, 1.82) is 0 Å². The van der Waals surface area contributed by atoms with E-state index in [9.17, 15) is 4.79 Å². The number of thioether (sulfide) groups is 1. The Hall–Kier alpha value is -2.05. The van der Waals surface area contributed by atoms with E-state index in [2.05, 4.69) is 10.3 Å². The van der Waals surface area contributed by atoms with Crippen molar-refractivity contribution in [3.63, 3.8) is 0 Å². The molecule has 0 aliphatic carbocycles. The van der Waals surface area contributed by atoms with Crippen LogP contribution in [0, 0.1) is 6.92 Å². The normalized spacial score (nSPS) is 10.6. The molecule has 22 heavy (non-hydrogen) atoms. The van der Waals surface area contributed by atoms with Crippen LogP contribution in [0.3, 0.4) is 0 Å². The molecular weight excluding hydrogens is 316 g/mol. The molecule has 4 nitrogen and oxygen atoms in total. The number of carbonyl (C=O) groups excluding carboxylic acids is 1. The van der Waals surface area contributed by atoms with E-state index in [0.717, 1.165) is 16.2 Å². The second-order valence-corrected chi connectivity index (χ2v) is 6.53. The molecule has 0 atom stereocenters. The topological polar surface area (TPSA) is 55.1 Å². The molecule has 0 unspecified atom stereocenters. The lowest BCUT2D eigenvalue weighted by molar-refractivity contribution is 0.0996. The van der Waals surface area contributed by atoms with E-state index in [1.807, 2.05) is 48.7 Å². The smallest absolute Gasteiger partial charge is 0.293 e. The van der Waals surface area contributed by atoms with Gasteiger partial charge in [0.2, 0.25) is 0 Å². The molecule has 112 valence electrons. The van der Waals surface area contributed by atoms with Crippen LogP contribution in [0.1, 0.15) is 21.8 Å². The zero-order valence-corrected chi connectivity index (χ0v) is 13.5. The number of aromatic nitrogens is 1. The lowest BCUT2D eigenvalue weighted by Crippen LogP contribution is -2.12. The van der Waals surface area contributed by atoms with Gasteiger partial charge in [-0.15, -0.1) is 23.1 Å². The number of carbonyl (C=O) groups is 1. The maximum absolute atomic E-state index is 12.3. The zero-order valence-electron chi connectivity index (χ0n) is 11.9.